The molecule has 0 atom stereocenters. The van der Waals surface area contributed by atoms with Gasteiger partial charge in [-0.3, -0.25) is 9.59 Å². The Morgan fingerprint density at radius 3 is 2.48 bits per heavy atom. The Hall–Kier alpha value is -2.91. The number of benzene rings is 2. The summed E-state index contributed by atoms with van der Waals surface area (Å²) in [5.74, 6) is -0.0940. The van der Waals surface area contributed by atoms with Crippen LogP contribution in [0.3, 0.4) is 0 Å². The predicted octanol–water partition coefficient (Wildman–Crippen LogP) is 3.05. The molecule has 2 aliphatic heterocycles. The van der Waals surface area contributed by atoms with E-state index >= 15 is 0 Å². The second kappa shape index (κ2) is 8.46. The van der Waals surface area contributed by atoms with Crippen LogP contribution in [0, 0.1) is 6.92 Å². The fourth-order valence-corrected chi connectivity index (χ4v) is 6.00. The van der Waals surface area contributed by atoms with Crippen LogP contribution in [0.5, 0.6) is 5.75 Å². The van der Waals surface area contributed by atoms with Crippen molar-refractivity contribution in [1.82, 2.24) is 4.31 Å². The molecule has 176 valence electrons. The first kappa shape index (κ1) is 23.3. The number of rotatable bonds is 6. The van der Waals surface area contributed by atoms with Crippen molar-refractivity contribution >= 4 is 33.2 Å². The number of aryl methyl sites for hydroxylation is 1. The van der Waals surface area contributed by atoms with Crippen molar-refractivity contribution < 1.29 is 22.7 Å². The quantitative estimate of drug-likeness (QED) is 0.699. The van der Waals surface area contributed by atoms with E-state index in [1.807, 2.05) is 13.0 Å². The Labute approximate surface area is 194 Å². The van der Waals surface area contributed by atoms with Crippen molar-refractivity contribution in [2.24, 2.45) is 0 Å². The number of methoxy groups -OCH3 is 1. The van der Waals surface area contributed by atoms with Crippen molar-refractivity contribution in [3.05, 3.63) is 47.5 Å². The number of anilines is 2. The van der Waals surface area contributed by atoms with Crippen LogP contribution in [0.15, 0.2) is 41.3 Å². The summed E-state index contributed by atoms with van der Waals surface area (Å²) in [4.78, 5) is 27.7. The van der Waals surface area contributed by atoms with Gasteiger partial charge >= 0.3 is 0 Å². The van der Waals surface area contributed by atoms with Crippen molar-refractivity contribution in [1.29, 1.82) is 0 Å². The maximum atomic E-state index is 13.2. The van der Waals surface area contributed by atoms with Gasteiger partial charge in [-0.2, -0.15) is 4.31 Å². The summed E-state index contributed by atoms with van der Waals surface area (Å²) in [6, 6.07) is 10.2. The number of nitrogens with zero attached hydrogens (tertiary/aromatic N) is 2. The Bertz CT molecular complexity index is 1220. The van der Waals surface area contributed by atoms with Gasteiger partial charge in [-0.1, -0.05) is 6.07 Å². The largest absolute Gasteiger partial charge is 0.495 e. The van der Waals surface area contributed by atoms with E-state index in [0.717, 1.165) is 18.4 Å². The number of hydrogen-bond acceptors (Lipinski definition) is 5. The molecule has 4 rings (SSSR count). The number of nitrogens with one attached hydrogen (secondary N) is 1. The van der Waals surface area contributed by atoms with Crippen molar-refractivity contribution in [2.45, 2.75) is 43.9 Å². The third kappa shape index (κ3) is 4.11. The predicted molar refractivity (Wildman–Crippen MR) is 126 cm³/mol. The molecule has 8 nitrogen and oxygen atoms in total. The fourth-order valence-electron chi connectivity index (χ4n) is 4.46. The van der Waals surface area contributed by atoms with Crippen LogP contribution in [-0.2, 0) is 25.0 Å². The summed E-state index contributed by atoms with van der Waals surface area (Å²) >= 11 is 0. The minimum absolute atomic E-state index is 0.180. The van der Waals surface area contributed by atoms with Gasteiger partial charge in [-0.25, -0.2) is 8.42 Å². The molecule has 2 aliphatic rings. The SMILES string of the molecule is COc1ccc(C)cc1NC(=O)CN1C(=O)C(C)(C)c2cc(S(=O)(=O)N3CCCC3)ccc21. The second-order valence-corrected chi connectivity index (χ2v) is 11.0. The van der Waals surface area contributed by atoms with Crippen LogP contribution in [-0.4, -0.2) is 51.3 Å². The molecule has 0 radical (unpaired) electrons. The third-order valence-electron chi connectivity index (χ3n) is 6.35. The van der Waals surface area contributed by atoms with Crippen molar-refractivity contribution in [3.8, 4) is 5.75 Å². The van der Waals surface area contributed by atoms with E-state index in [9.17, 15) is 18.0 Å². The minimum Gasteiger partial charge on any atom is -0.495 e. The molecule has 1 saturated heterocycles. The maximum absolute atomic E-state index is 13.2. The Balaban J connectivity index is 1.61. The summed E-state index contributed by atoms with van der Waals surface area (Å²) < 4.78 is 32.9. The molecule has 0 spiro atoms. The number of amides is 2. The van der Waals surface area contributed by atoms with Crippen LogP contribution in [0.2, 0.25) is 0 Å². The van der Waals surface area contributed by atoms with Crippen molar-refractivity contribution in [3.63, 3.8) is 0 Å². The zero-order valence-corrected chi connectivity index (χ0v) is 20.2. The van der Waals surface area contributed by atoms with E-state index < -0.39 is 15.4 Å². The first-order chi connectivity index (χ1) is 15.6. The zero-order valence-electron chi connectivity index (χ0n) is 19.3. The van der Waals surface area contributed by atoms with Gasteiger partial charge in [0, 0.05) is 18.8 Å². The highest BCUT2D eigenvalue weighted by Crippen LogP contribution is 2.43. The van der Waals surface area contributed by atoms with Crippen LogP contribution in [0.1, 0.15) is 37.8 Å². The first-order valence-corrected chi connectivity index (χ1v) is 12.4. The standard InChI is InChI=1S/C24H29N3O5S/c1-16-7-10-21(32-4)19(13-16)25-22(28)15-27-20-9-8-17(14-18(20)24(2,3)23(27)29)33(30,31)26-11-5-6-12-26/h7-10,13-14H,5-6,11-12,15H2,1-4H3,(H,25,28). The van der Waals surface area contributed by atoms with E-state index in [1.54, 1.807) is 38.1 Å². The van der Waals surface area contributed by atoms with Crippen LogP contribution in [0.25, 0.3) is 0 Å². The first-order valence-electron chi connectivity index (χ1n) is 11.0. The molecule has 2 amide bonds. The maximum Gasteiger partial charge on any atom is 0.244 e. The molecular weight excluding hydrogens is 442 g/mol. The Kier molecular flexibility index (Phi) is 5.96. The topological polar surface area (TPSA) is 96.0 Å². The number of carbonyl (C=O) groups excluding carboxylic acids is 2. The molecule has 2 heterocycles. The molecule has 2 aromatic rings. The summed E-state index contributed by atoms with van der Waals surface area (Å²) in [5, 5.41) is 2.82. The molecule has 0 aliphatic carbocycles. The average Bonchev–Trinajstić information content (AvgIpc) is 3.37. The normalized spacial score (nSPS) is 17.8. The zero-order chi connectivity index (χ0) is 24.0. The van der Waals surface area contributed by atoms with Gasteiger partial charge in [0.25, 0.3) is 0 Å². The van der Waals surface area contributed by atoms with E-state index in [1.165, 1.54) is 22.4 Å². The van der Waals surface area contributed by atoms with Crippen LogP contribution < -0.4 is 15.0 Å². The average molecular weight is 472 g/mol. The molecule has 0 bridgehead atoms. The number of ether oxygens (including phenoxy) is 1. The lowest BCUT2D eigenvalue weighted by molar-refractivity contribution is -0.124. The van der Waals surface area contributed by atoms with Gasteiger partial charge in [-0.05, 0) is 75.1 Å². The highest BCUT2D eigenvalue weighted by atomic mass is 32.2. The summed E-state index contributed by atoms with van der Waals surface area (Å²) in [5.41, 5.74) is 1.69. The molecule has 33 heavy (non-hydrogen) atoms. The number of carbonyl (C=O) groups is 2. The van der Waals surface area contributed by atoms with E-state index in [-0.39, 0.29) is 23.3 Å². The number of sulfonamides is 1. The third-order valence-corrected chi connectivity index (χ3v) is 8.24. The Morgan fingerprint density at radius 1 is 1.12 bits per heavy atom. The highest BCUT2D eigenvalue weighted by molar-refractivity contribution is 7.89. The lowest BCUT2D eigenvalue weighted by Gasteiger charge is -2.20. The van der Waals surface area contributed by atoms with Gasteiger partial charge in [0.15, 0.2) is 0 Å². The molecule has 1 fully saturated rings. The van der Waals surface area contributed by atoms with E-state index in [4.69, 9.17) is 4.74 Å². The van der Waals surface area contributed by atoms with Crippen LogP contribution >= 0.6 is 0 Å². The van der Waals surface area contributed by atoms with Gasteiger partial charge in [0.1, 0.15) is 12.3 Å². The molecule has 0 unspecified atom stereocenters. The molecule has 0 aromatic heterocycles. The minimum atomic E-state index is -3.61. The van der Waals surface area contributed by atoms with Gasteiger partial charge in [0.05, 0.1) is 23.1 Å². The number of hydrogen-bond donors (Lipinski definition) is 1. The molecule has 1 N–H and O–H groups in total. The second-order valence-electron chi connectivity index (χ2n) is 9.06. The Morgan fingerprint density at radius 2 is 1.82 bits per heavy atom. The van der Waals surface area contributed by atoms with Gasteiger partial charge in [-0.15, -0.1) is 0 Å². The fraction of sp³-hybridized carbons (Fsp3) is 0.417. The molecule has 9 heteroatoms. The van der Waals surface area contributed by atoms with Gasteiger partial charge < -0.3 is 15.0 Å². The van der Waals surface area contributed by atoms with Crippen LogP contribution in [0.4, 0.5) is 11.4 Å². The van der Waals surface area contributed by atoms with Gasteiger partial charge in [0.2, 0.25) is 21.8 Å². The summed E-state index contributed by atoms with van der Waals surface area (Å²) in [6.07, 6.45) is 1.70. The molecule has 0 saturated carbocycles. The monoisotopic (exact) mass is 471 g/mol. The molecular formula is C24H29N3O5S. The number of fused-ring (bicyclic) bond motifs is 1. The van der Waals surface area contributed by atoms with Crippen molar-refractivity contribution in [2.75, 3.05) is 37.0 Å². The smallest absolute Gasteiger partial charge is 0.244 e. The molecule has 2 aromatic carbocycles. The van der Waals surface area contributed by atoms with E-state index in [0.29, 0.717) is 35.8 Å². The lowest BCUT2D eigenvalue weighted by atomic mass is 9.86. The summed E-state index contributed by atoms with van der Waals surface area (Å²) in [7, 11) is -2.09. The lowest BCUT2D eigenvalue weighted by Crippen LogP contribution is -2.40. The summed E-state index contributed by atoms with van der Waals surface area (Å²) in [6.45, 7) is 6.24. The highest BCUT2D eigenvalue weighted by Gasteiger charge is 2.45. The van der Waals surface area contributed by atoms with E-state index in [2.05, 4.69) is 5.32 Å².